The Morgan fingerprint density at radius 3 is 2.04 bits per heavy atom. The molecule has 4 rings (SSSR count). The van der Waals surface area contributed by atoms with Gasteiger partial charge in [0.15, 0.2) is 5.76 Å². The van der Waals surface area contributed by atoms with Crippen molar-refractivity contribution in [2.24, 2.45) is 0 Å². The predicted molar refractivity (Wildman–Crippen MR) is 104 cm³/mol. The van der Waals surface area contributed by atoms with Gasteiger partial charge >= 0.3 is 0 Å². The van der Waals surface area contributed by atoms with E-state index in [4.69, 9.17) is 4.42 Å². The van der Waals surface area contributed by atoms with Crippen molar-refractivity contribution in [2.75, 3.05) is 0 Å². The summed E-state index contributed by atoms with van der Waals surface area (Å²) in [6, 6.07) is 24.7. The maximum Gasteiger partial charge on any atom is 0.151 e. The van der Waals surface area contributed by atoms with Crippen molar-refractivity contribution in [1.82, 2.24) is 0 Å². The van der Waals surface area contributed by atoms with Gasteiger partial charge in [-0.2, -0.15) is 0 Å². The van der Waals surface area contributed by atoms with Crippen molar-refractivity contribution in [3.8, 4) is 23.2 Å². The van der Waals surface area contributed by atoms with Crippen LogP contribution in [0, 0.1) is 25.7 Å². The number of rotatable bonds is 1. The van der Waals surface area contributed by atoms with Crippen LogP contribution in [0.2, 0.25) is 0 Å². The molecule has 0 fully saturated rings. The SMILES string of the molecule is Cc1ccc(C#Cc2c(-c3ccc(C)cc3)oc3ccccc23)cc1. The number of hydrogen-bond donors (Lipinski definition) is 0. The van der Waals surface area contributed by atoms with Gasteiger partial charge < -0.3 is 4.42 Å². The molecule has 1 aromatic heterocycles. The maximum atomic E-state index is 6.13. The molecular weight excluding hydrogens is 304 g/mol. The average Bonchev–Trinajstić information content (AvgIpc) is 3.00. The fraction of sp³-hybridized carbons (Fsp3) is 0.0833. The molecule has 0 N–H and O–H groups in total. The van der Waals surface area contributed by atoms with Gasteiger partial charge in [-0.15, -0.1) is 0 Å². The Hall–Kier alpha value is -3.24. The molecule has 1 nitrogen and oxygen atoms in total. The lowest BCUT2D eigenvalue weighted by Gasteiger charge is -1.99. The van der Waals surface area contributed by atoms with Crippen LogP contribution in [-0.4, -0.2) is 0 Å². The molecule has 25 heavy (non-hydrogen) atoms. The lowest BCUT2D eigenvalue weighted by Crippen LogP contribution is -1.81. The van der Waals surface area contributed by atoms with E-state index >= 15 is 0 Å². The summed E-state index contributed by atoms with van der Waals surface area (Å²) in [6.45, 7) is 4.16. The predicted octanol–water partition coefficient (Wildman–Crippen LogP) is 6.12. The van der Waals surface area contributed by atoms with Crippen LogP contribution in [0.3, 0.4) is 0 Å². The number of hydrogen-bond acceptors (Lipinski definition) is 1. The topological polar surface area (TPSA) is 13.1 Å². The van der Waals surface area contributed by atoms with Crippen molar-refractivity contribution in [1.29, 1.82) is 0 Å². The first kappa shape index (κ1) is 15.3. The molecule has 0 radical (unpaired) electrons. The summed E-state index contributed by atoms with van der Waals surface area (Å²) < 4.78 is 6.13. The Kier molecular flexibility index (Phi) is 3.88. The lowest BCUT2D eigenvalue weighted by molar-refractivity contribution is 0.630. The number of para-hydroxylation sites is 1. The van der Waals surface area contributed by atoms with E-state index in [9.17, 15) is 0 Å². The highest BCUT2D eigenvalue weighted by Gasteiger charge is 2.13. The Morgan fingerprint density at radius 1 is 0.680 bits per heavy atom. The molecule has 1 heterocycles. The first-order valence-electron chi connectivity index (χ1n) is 8.38. The van der Waals surface area contributed by atoms with Crippen molar-refractivity contribution < 1.29 is 4.42 Å². The van der Waals surface area contributed by atoms with Gasteiger partial charge in [0.25, 0.3) is 0 Å². The molecule has 0 aliphatic rings. The second-order valence-electron chi connectivity index (χ2n) is 6.28. The Balaban J connectivity index is 1.88. The summed E-state index contributed by atoms with van der Waals surface area (Å²) in [6.07, 6.45) is 0. The summed E-state index contributed by atoms with van der Waals surface area (Å²) in [5.74, 6) is 7.45. The zero-order valence-electron chi connectivity index (χ0n) is 14.3. The Bertz CT molecular complexity index is 1090. The quantitative estimate of drug-likeness (QED) is 0.385. The molecule has 0 spiro atoms. The number of benzene rings is 3. The van der Waals surface area contributed by atoms with Crippen LogP contribution >= 0.6 is 0 Å². The smallest absolute Gasteiger partial charge is 0.151 e. The molecule has 4 aromatic rings. The molecule has 0 amide bonds. The van der Waals surface area contributed by atoms with Crippen molar-refractivity contribution in [2.45, 2.75) is 13.8 Å². The third kappa shape index (κ3) is 3.07. The fourth-order valence-electron chi connectivity index (χ4n) is 2.85. The average molecular weight is 322 g/mol. The highest BCUT2D eigenvalue weighted by molar-refractivity contribution is 5.91. The standard InChI is InChI=1S/C24H18O/c1-17-7-11-19(12-8-17)13-16-22-21-5-3-4-6-23(21)25-24(22)20-14-9-18(2)10-15-20/h3-12,14-15H,1-2H3. The minimum absolute atomic E-state index is 0.834. The molecular formula is C24H18O. The molecule has 0 saturated heterocycles. The third-order valence-corrected chi connectivity index (χ3v) is 4.29. The van der Waals surface area contributed by atoms with E-state index < -0.39 is 0 Å². The minimum Gasteiger partial charge on any atom is -0.455 e. The first-order valence-corrected chi connectivity index (χ1v) is 8.38. The summed E-state index contributed by atoms with van der Waals surface area (Å²) >= 11 is 0. The Labute approximate surface area is 147 Å². The minimum atomic E-state index is 0.834. The maximum absolute atomic E-state index is 6.13. The van der Waals surface area contributed by atoms with E-state index in [1.807, 2.05) is 18.2 Å². The molecule has 3 aromatic carbocycles. The molecule has 1 heteroatoms. The molecule has 0 saturated carbocycles. The van der Waals surface area contributed by atoms with Gasteiger partial charge in [0, 0.05) is 16.5 Å². The summed E-state index contributed by atoms with van der Waals surface area (Å²) in [4.78, 5) is 0. The summed E-state index contributed by atoms with van der Waals surface area (Å²) in [5, 5.41) is 1.05. The zero-order valence-corrected chi connectivity index (χ0v) is 14.3. The normalized spacial score (nSPS) is 10.5. The van der Waals surface area contributed by atoms with Gasteiger partial charge in [0.05, 0.1) is 5.56 Å². The largest absolute Gasteiger partial charge is 0.455 e. The van der Waals surface area contributed by atoms with E-state index in [1.54, 1.807) is 0 Å². The lowest BCUT2D eigenvalue weighted by atomic mass is 10.0. The van der Waals surface area contributed by atoms with E-state index in [0.717, 1.165) is 33.4 Å². The van der Waals surface area contributed by atoms with E-state index in [-0.39, 0.29) is 0 Å². The van der Waals surface area contributed by atoms with Crippen LogP contribution in [-0.2, 0) is 0 Å². The van der Waals surface area contributed by atoms with Crippen LogP contribution in [0.25, 0.3) is 22.3 Å². The monoisotopic (exact) mass is 322 g/mol. The van der Waals surface area contributed by atoms with Gasteiger partial charge in [-0.3, -0.25) is 0 Å². The van der Waals surface area contributed by atoms with Crippen LogP contribution in [0.15, 0.2) is 77.2 Å². The second kappa shape index (κ2) is 6.34. The molecule has 0 aliphatic carbocycles. The fourth-order valence-corrected chi connectivity index (χ4v) is 2.85. The van der Waals surface area contributed by atoms with Gasteiger partial charge in [0.2, 0.25) is 0 Å². The second-order valence-corrected chi connectivity index (χ2v) is 6.28. The Morgan fingerprint density at radius 2 is 1.32 bits per heavy atom. The van der Waals surface area contributed by atoms with Crippen molar-refractivity contribution in [3.63, 3.8) is 0 Å². The molecule has 120 valence electrons. The van der Waals surface area contributed by atoms with E-state index in [2.05, 4.69) is 80.3 Å². The third-order valence-electron chi connectivity index (χ3n) is 4.29. The molecule has 0 unspecified atom stereocenters. The van der Waals surface area contributed by atoms with Gasteiger partial charge in [-0.05, 0) is 38.1 Å². The number of fused-ring (bicyclic) bond motifs is 1. The highest BCUT2D eigenvalue weighted by atomic mass is 16.3. The van der Waals surface area contributed by atoms with Crippen LogP contribution in [0.5, 0.6) is 0 Å². The van der Waals surface area contributed by atoms with Gasteiger partial charge in [-0.25, -0.2) is 0 Å². The number of aryl methyl sites for hydroxylation is 2. The number of furan rings is 1. The van der Waals surface area contributed by atoms with Crippen molar-refractivity contribution >= 4 is 11.0 Å². The van der Waals surface area contributed by atoms with Gasteiger partial charge in [0.1, 0.15) is 5.58 Å². The van der Waals surface area contributed by atoms with Crippen LogP contribution in [0.4, 0.5) is 0 Å². The highest BCUT2D eigenvalue weighted by Crippen LogP contribution is 2.33. The van der Waals surface area contributed by atoms with Gasteiger partial charge in [-0.1, -0.05) is 71.5 Å². The molecule has 0 aliphatic heterocycles. The first-order chi connectivity index (χ1) is 12.2. The van der Waals surface area contributed by atoms with Crippen molar-refractivity contribution in [3.05, 3.63) is 95.1 Å². The zero-order chi connectivity index (χ0) is 17.2. The van der Waals surface area contributed by atoms with Crippen LogP contribution < -0.4 is 0 Å². The van der Waals surface area contributed by atoms with E-state index in [0.29, 0.717) is 0 Å². The molecule has 0 bridgehead atoms. The summed E-state index contributed by atoms with van der Waals surface area (Å²) in [5.41, 5.74) is 6.33. The van der Waals surface area contributed by atoms with E-state index in [1.165, 1.54) is 11.1 Å². The van der Waals surface area contributed by atoms with Crippen LogP contribution in [0.1, 0.15) is 22.3 Å². The summed E-state index contributed by atoms with van der Waals surface area (Å²) in [7, 11) is 0. The molecule has 0 atom stereocenters.